The van der Waals surface area contributed by atoms with E-state index in [0.29, 0.717) is 13.2 Å². The highest BCUT2D eigenvalue weighted by molar-refractivity contribution is 5.69. The van der Waals surface area contributed by atoms with Gasteiger partial charge in [0, 0.05) is 6.54 Å². The van der Waals surface area contributed by atoms with Crippen LogP contribution >= 0.6 is 0 Å². The second-order valence-corrected chi connectivity index (χ2v) is 5.81. The van der Waals surface area contributed by atoms with Crippen molar-refractivity contribution in [2.24, 2.45) is 0 Å². The minimum absolute atomic E-state index is 0.453. The maximum Gasteiger partial charge on any atom is 0.143 e. The molecule has 0 saturated carbocycles. The minimum Gasteiger partial charge on any atom is -0.490 e. The molecule has 20 heavy (non-hydrogen) atoms. The second kappa shape index (κ2) is 5.60. The first kappa shape index (κ1) is 13.7. The van der Waals surface area contributed by atoms with Gasteiger partial charge in [0.15, 0.2) is 0 Å². The van der Waals surface area contributed by atoms with Crippen LogP contribution in [0.4, 0.5) is 10.1 Å². The van der Waals surface area contributed by atoms with E-state index in [1.165, 1.54) is 16.7 Å². The van der Waals surface area contributed by atoms with Crippen molar-refractivity contribution in [2.45, 2.75) is 32.9 Å². The molecule has 3 rings (SSSR count). The van der Waals surface area contributed by atoms with Crippen LogP contribution in [0.15, 0.2) is 6.07 Å². The van der Waals surface area contributed by atoms with Crippen LogP contribution in [-0.2, 0) is 12.8 Å². The molecule has 0 spiro atoms. The van der Waals surface area contributed by atoms with Crippen LogP contribution in [0.5, 0.6) is 5.75 Å². The van der Waals surface area contributed by atoms with E-state index in [9.17, 15) is 4.39 Å². The zero-order valence-corrected chi connectivity index (χ0v) is 12.3. The Balaban J connectivity index is 2.04. The number of nitrogens with zero attached hydrogens (tertiary/aromatic N) is 1. The molecule has 0 fully saturated rings. The maximum absolute atomic E-state index is 13.4. The van der Waals surface area contributed by atoms with Crippen molar-refractivity contribution in [3.05, 3.63) is 22.8 Å². The predicted octanol–water partition coefficient (Wildman–Crippen LogP) is 2.24. The van der Waals surface area contributed by atoms with Crippen molar-refractivity contribution in [3.8, 4) is 5.75 Å². The Morgan fingerprint density at radius 3 is 3.00 bits per heavy atom. The molecule has 0 aromatic heterocycles. The Labute approximate surface area is 120 Å². The van der Waals surface area contributed by atoms with E-state index in [0.717, 1.165) is 43.9 Å². The third-order valence-electron chi connectivity index (χ3n) is 4.26. The van der Waals surface area contributed by atoms with Gasteiger partial charge in [-0.05, 0) is 62.5 Å². The van der Waals surface area contributed by atoms with Crippen molar-refractivity contribution in [3.63, 3.8) is 0 Å². The lowest BCUT2D eigenvalue weighted by Crippen LogP contribution is -2.37. The Morgan fingerprint density at radius 1 is 1.40 bits per heavy atom. The average molecular weight is 278 g/mol. The molecule has 2 heterocycles. The van der Waals surface area contributed by atoms with E-state index < -0.39 is 6.17 Å². The maximum atomic E-state index is 13.4. The summed E-state index contributed by atoms with van der Waals surface area (Å²) in [5, 5.41) is 3.44. The number of anilines is 1. The van der Waals surface area contributed by atoms with Crippen LogP contribution in [0.1, 0.15) is 23.6 Å². The summed E-state index contributed by atoms with van der Waals surface area (Å²) in [6.07, 6.45) is 1.28. The molecule has 2 aliphatic rings. The summed E-state index contributed by atoms with van der Waals surface area (Å²) in [4.78, 5) is 2.15. The molecule has 1 aromatic carbocycles. The Morgan fingerprint density at radius 2 is 2.20 bits per heavy atom. The van der Waals surface area contributed by atoms with Gasteiger partial charge in [0.25, 0.3) is 0 Å². The predicted molar refractivity (Wildman–Crippen MR) is 79.7 cm³/mol. The van der Waals surface area contributed by atoms with Gasteiger partial charge in [-0.3, -0.25) is 0 Å². The van der Waals surface area contributed by atoms with Gasteiger partial charge in [0.1, 0.15) is 18.5 Å². The highest BCUT2D eigenvalue weighted by Gasteiger charge is 2.25. The van der Waals surface area contributed by atoms with E-state index >= 15 is 0 Å². The molecule has 0 unspecified atom stereocenters. The first-order valence-corrected chi connectivity index (χ1v) is 7.54. The molecule has 3 nitrogen and oxygen atoms in total. The summed E-state index contributed by atoms with van der Waals surface area (Å²) in [6, 6.07) is 2.18. The largest absolute Gasteiger partial charge is 0.490 e. The number of fused-ring (bicyclic) bond motifs is 2. The van der Waals surface area contributed by atoms with E-state index in [1.807, 2.05) is 0 Å². The van der Waals surface area contributed by atoms with Crippen LogP contribution in [-0.4, -0.2) is 39.0 Å². The third kappa shape index (κ3) is 2.49. The van der Waals surface area contributed by atoms with Crippen molar-refractivity contribution in [2.75, 3.05) is 37.7 Å². The van der Waals surface area contributed by atoms with Crippen molar-refractivity contribution in [1.82, 2.24) is 5.32 Å². The summed E-state index contributed by atoms with van der Waals surface area (Å²) in [5.41, 5.74) is 5.21. The molecule has 0 aliphatic carbocycles. The summed E-state index contributed by atoms with van der Waals surface area (Å²) >= 11 is 0. The van der Waals surface area contributed by atoms with E-state index in [4.69, 9.17) is 4.74 Å². The number of hydrogen-bond donors (Lipinski definition) is 1. The van der Waals surface area contributed by atoms with Crippen LogP contribution in [0, 0.1) is 6.92 Å². The van der Waals surface area contributed by atoms with E-state index in [1.54, 1.807) is 6.92 Å². The molecule has 1 atom stereocenters. The minimum atomic E-state index is -0.819. The molecule has 1 aromatic rings. The molecule has 1 N–H and O–H groups in total. The topological polar surface area (TPSA) is 24.5 Å². The van der Waals surface area contributed by atoms with Gasteiger partial charge in [0.05, 0.1) is 12.2 Å². The van der Waals surface area contributed by atoms with Crippen molar-refractivity contribution >= 4 is 5.69 Å². The molecular weight excluding hydrogens is 255 g/mol. The van der Waals surface area contributed by atoms with Crippen LogP contribution < -0.4 is 15.0 Å². The van der Waals surface area contributed by atoms with E-state index in [-0.39, 0.29) is 0 Å². The first-order chi connectivity index (χ1) is 9.66. The number of nitrogens with one attached hydrogen (secondary N) is 1. The Hall–Kier alpha value is -1.29. The molecule has 0 amide bonds. The number of hydrogen-bond acceptors (Lipinski definition) is 3. The lowest BCUT2D eigenvalue weighted by molar-refractivity contribution is 0.292. The molecule has 4 heteroatoms. The van der Waals surface area contributed by atoms with Gasteiger partial charge in [-0.15, -0.1) is 0 Å². The SMILES string of the molecule is Cc1c2c(cc3c1N(C[C@@H](C)F)CCO3)CCNCC2. The number of alkyl halides is 1. The summed E-state index contributed by atoms with van der Waals surface area (Å²) < 4.78 is 19.3. The van der Waals surface area contributed by atoms with Gasteiger partial charge < -0.3 is 15.0 Å². The summed E-state index contributed by atoms with van der Waals surface area (Å²) in [6.45, 7) is 7.71. The fraction of sp³-hybridized carbons (Fsp3) is 0.625. The normalized spacial score (nSPS) is 19.6. The van der Waals surface area contributed by atoms with Gasteiger partial charge in [-0.1, -0.05) is 0 Å². The van der Waals surface area contributed by atoms with Gasteiger partial charge in [-0.2, -0.15) is 0 Å². The summed E-state index contributed by atoms with van der Waals surface area (Å²) in [7, 11) is 0. The quantitative estimate of drug-likeness (QED) is 0.898. The number of benzene rings is 1. The standard InChI is InChI=1S/C16H23FN2O/c1-11(17)10-19-7-8-20-15-9-13-3-5-18-6-4-14(13)12(2)16(15)19/h9,11,18H,3-8,10H2,1-2H3/t11-/m1/s1. The van der Waals surface area contributed by atoms with Crippen LogP contribution in [0.3, 0.4) is 0 Å². The Bertz CT molecular complexity index is 502. The van der Waals surface area contributed by atoms with Gasteiger partial charge in [-0.25, -0.2) is 4.39 Å². The smallest absolute Gasteiger partial charge is 0.143 e. The molecule has 0 saturated heterocycles. The Kier molecular flexibility index (Phi) is 3.83. The fourth-order valence-corrected chi connectivity index (χ4v) is 3.38. The molecule has 110 valence electrons. The molecule has 0 bridgehead atoms. The lowest BCUT2D eigenvalue weighted by atomic mass is 9.94. The lowest BCUT2D eigenvalue weighted by Gasteiger charge is -2.34. The van der Waals surface area contributed by atoms with Crippen molar-refractivity contribution in [1.29, 1.82) is 0 Å². The van der Waals surface area contributed by atoms with Crippen LogP contribution in [0.2, 0.25) is 0 Å². The van der Waals surface area contributed by atoms with E-state index in [2.05, 4.69) is 23.2 Å². The zero-order valence-electron chi connectivity index (χ0n) is 12.3. The second-order valence-electron chi connectivity index (χ2n) is 5.81. The molecule has 0 radical (unpaired) electrons. The van der Waals surface area contributed by atoms with Gasteiger partial charge in [0.2, 0.25) is 0 Å². The number of rotatable bonds is 2. The highest BCUT2D eigenvalue weighted by atomic mass is 19.1. The number of halogens is 1. The average Bonchev–Trinajstić information content (AvgIpc) is 2.63. The van der Waals surface area contributed by atoms with Gasteiger partial charge >= 0.3 is 0 Å². The molecule has 2 aliphatic heterocycles. The third-order valence-corrected chi connectivity index (χ3v) is 4.26. The summed E-state index contributed by atoms with van der Waals surface area (Å²) in [5.74, 6) is 0.940. The van der Waals surface area contributed by atoms with Crippen LogP contribution in [0.25, 0.3) is 0 Å². The van der Waals surface area contributed by atoms with Crippen molar-refractivity contribution < 1.29 is 9.13 Å². The fourth-order valence-electron chi connectivity index (χ4n) is 3.38. The first-order valence-electron chi connectivity index (χ1n) is 7.54. The monoisotopic (exact) mass is 278 g/mol. The highest BCUT2D eigenvalue weighted by Crippen LogP contribution is 2.39. The zero-order chi connectivity index (χ0) is 14.1. The number of ether oxygens (including phenoxy) is 1. The molecular formula is C16H23FN2O.